The molecule has 0 bridgehead atoms. The Hall–Kier alpha value is -2.32. The first kappa shape index (κ1) is 24.0. The van der Waals surface area contributed by atoms with Crippen LogP contribution in [0.4, 0.5) is 5.69 Å². The summed E-state index contributed by atoms with van der Waals surface area (Å²) >= 11 is 0. The van der Waals surface area contributed by atoms with Crippen LogP contribution >= 0.6 is 24.0 Å². The zero-order chi connectivity index (χ0) is 20.6. The van der Waals surface area contributed by atoms with Crippen molar-refractivity contribution in [2.45, 2.75) is 18.9 Å². The molecule has 8 nitrogen and oxygen atoms in total. The predicted molar refractivity (Wildman–Crippen MR) is 127 cm³/mol. The van der Waals surface area contributed by atoms with E-state index in [0.717, 1.165) is 12.8 Å². The smallest absolute Gasteiger partial charge is 0.251 e. The largest absolute Gasteiger partial charge is 0.368 e. The van der Waals surface area contributed by atoms with Crippen molar-refractivity contribution in [3.63, 3.8) is 0 Å². The van der Waals surface area contributed by atoms with Gasteiger partial charge in [-0.25, -0.2) is 0 Å². The van der Waals surface area contributed by atoms with Crippen molar-refractivity contribution in [1.29, 1.82) is 0 Å². The van der Waals surface area contributed by atoms with Gasteiger partial charge < -0.3 is 25.2 Å². The van der Waals surface area contributed by atoms with Crippen molar-refractivity contribution < 1.29 is 14.3 Å². The highest BCUT2D eigenvalue weighted by atomic mass is 127. The minimum atomic E-state index is -0.282. The fourth-order valence-corrected chi connectivity index (χ4v) is 3.50. The number of nitrogens with zero attached hydrogens (tertiary/aromatic N) is 3. The summed E-state index contributed by atoms with van der Waals surface area (Å²) in [6, 6.07) is 7.14. The van der Waals surface area contributed by atoms with Crippen LogP contribution in [0.3, 0.4) is 0 Å². The predicted octanol–water partition coefficient (Wildman–Crippen LogP) is 1.12. The summed E-state index contributed by atoms with van der Waals surface area (Å²) in [6.07, 6.45) is 6.86. The number of benzene rings is 1. The Balaban J connectivity index is 0.00000320. The lowest BCUT2D eigenvalue weighted by atomic mass is 10.2. The molecule has 0 spiro atoms. The van der Waals surface area contributed by atoms with Crippen LogP contribution in [0.2, 0.25) is 0 Å². The quantitative estimate of drug-likeness (QED) is 0.267. The summed E-state index contributed by atoms with van der Waals surface area (Å²) in [5.74, 6) is 3.08. The average Bonchev–Trinajstić information content (AvgIpc) is 3.29. The van der Waals surface area contributed by atoms with Gasteiger partial charge in [-0.2, -0.15) is 0 Å². The zero-order valence-corrected chi connectivity index (χ0v) is 19.4. The number of guanidine groups is 1. The molecule has 3 rings (SSSR count). The van der Waals surface area contributed by atoms with Crippen LogP contribution < -0.4 is 10.6 Å². The second kappa shape index (κ2) is 11.8. The van der Waals surface area contributed by atoms with Crippen molar-refractivity contribution in [2.24, 2.45) is 4.99 Å². The molecule has 9 heteroatoms. The van der Waals surface area contributed by atoms with Crippen LogP contribution in [0, 0.1) is 12.3 Å². The van der Waals surface area contributed by atoms with Crippen molar-refractivity contribution in [2.75, 3.05) is 51.7 Å². The number of amides is 2. The first-order valence-corrected chi connectivity index (χ1v) is 9.83. The topological polar surface area (TPSA) is 86.3 Å². The molecule has 2 saturated heterocycles. The van der Waals surface area contributed by atoms with Crippen molar-refractivity contribution >= 4 is 47.4 Å². The van der Waals surface area contributed by atoms with Crippen LogP contribution in [-0.4, -0.2) is 80.1 Å². The first-order chi connectivity index (χ1) is 14.1. The van der Waals surface area contributed by atoms with E-state index in [1.54, 1.807) is 31.3 Å². The number of carbonyl (C=O) groups excluding carboxylic acids is 2. The van der Waals surface area contributed by atoms with Gasteiger partial charge in [-0.15, -0.1) is 30.4 Å². The molecule has 1 unspecified atom stereocenters. The molecule has 2 amide bonds. The molecular formula is C21H28IN5O3. The number of hydrogen-bond acceptors (Lipinski definition) is 4. The van der Waals surface area contributed by atoms with Crippen LogP contribution in [0.15, 0.2) is 29.3 Å². The molecule has 2 N–H and O–H groups in total. The minimum absolute atomic E-state index is 0. The molecule has 0 aromatic heterocycles. The van der Waals surface area contributed by atoms with E-state index in [-0.39, 0.29) is 48.4 Å². The third-order valence-corrected chi connectivity index (χ3v) is 5.03. The Labute approximate surface area is 194 Å². The van der Waals surface area contributed by atoms with Crippen LogP contribution in [-0.2, 0) is 14.3 Å². The maximum absolute atomic E-state index is 12.5. The molecule has 1 aromatic rings. The third-order valence-electron chi connectivity index (χ3n) is 5.03. The maximum Gasteiger partial charge on any atom is 0.251 e. The Bertz CT molecular complexity index is 809. The zero-order valence-electron chi connectivity index (χ0n) is 17.1. The minimum Gasteiger partial charge on any atom is -0.368 e. The summed E-state index contributed by atoms with van der Waals surface area (Å²) in [6.45, 7) is 3.30. The van der Waals surface area contributed by atoms with E-state index in [9.17, 15) is 9.59 Å². The molecule has 0 radical (unpaired) electrons. The molecule has 2 aliphatic heterocycles. The van der Waals surface area contributed by atoms with Gasteiger partial charge in [0.15, 0.2) is 5.96 Å². The third kappa shape index (κ3) is 6.34. The highest BCUT2D eigenvalue weighted by molar-refractivity contribution is 14.0. The normalized spacial score (nSPS) is 18.9. The number of rotatable bonds is 4. The van der Waals surface area contributed by atoms with Crippen LogP contribution in [0.5, 0.6) is 0 Å². The fraction of sp³-hybridized carbons (Fsp3) is 0.476. The summed E-state index contributed by atoms with van der Waals surface area (Å²) in [4.78, 5) is 32.9. The van der Waals surface area contributed by atoms with Gasteiger partial charge in [0, 0.05) is 51.1 Å². The molecule has 30 heavy (non-hydrogen) atoms. The summed E-state index contributed by atoms with van der Waals surface area (Å²) < 4.78 is 5.50. The van der Waals surface area contributed by atoms with E-state index in [1.165, 1.54) is 0 Å². The number of nitrogens with one attached hydrogen (secondary N) is 2. The Morgan fingerprint density at radius 1 is 1.27 bits per heavy atom. The van der Waals surface area contributed by atoms with E-state index in [4.69, 9.17) is 11.2 Å². The average molecular weight is 525 g/mol. The van der Waals surface area contributed by atoms with Gasteiger partial charge in [0.2, 0.25) is 5.91 Å². The number of piperazine rings is 1. The van der Waals surface area contributed by atoms with E-state index in [1.807, 2.05) is 9.80 Å². The van der Waals surface area contributed by atoms with Crippen LogP contribution in [0.25, 0.3) is 0 Å². The molecule has 2 fully saturated rings. The van der Waals surface area contributed by atoms with Gasteiger partial charge in [-0.3, -0.25) is 14.6 Å². The lowest BCUT2D eigenvalue weighted by Gasteiger charge is -2.37. The number of hydrogen-bond donors (Lipinski definition) is 2. The summed E-state index contributed by atoms with van der Waals surface area (Å²) in [5.41, 5.74) is 1.37. The first-order valence-electron chi connectivity index (χ1n) is 9.83. The van der Waals surface area contributed by atoms with Gasteiger partial charge in [-0.1, -0.05) is 12.0 Å². The Morgan fingerprint density at radius 2 is 2.00 bits per heavy atom. The molecule has 2 heterocycles. The molecule has 1 aromatic carbocycles. The van der Waals surface area contributed by atoms with Gasteiger partial charge in [0.25, 0.3) is 5.91 Å². The molecule has 1 atom stereocenters. The van der Waals surface area contributed by atoms with E-state index < -0.39 is 0 Å². The van der Waals surface area contributed by atoms with Crippen molar-refractivity contribution in [3.8, 4) is 12.3 Å². The number of aliphatic imine (C=N–C) groups is 1. The van der Waals surface area contributed by atoms with Gasteiger partial charge in [0.1, 0.15) is 6.10 Å². The van der Waals surface area contributed by atoms with E-state index >= 15 is 0 Å². The number of carbonyl (C=O) groups is 2. The van der Waals surface area contributed by atoms with Crippen molar-refractivity contribution in [1.82, 2.24) is 15.1 Å². The number of anilines is 1. The lowest BCUT2D eigenvalue weighted by molar-refractivity contribution is -0.142. The SMILES string of the molecule is C#Cc1cccc(NC(=O)CNC(=NC)N2CCN(C(=O)C3CCCO3)CC2)c1.I. The Morgan fingerprint density at radius 3 is 2.63 bits per heavy atom. The number of terminal acetylenes is 1. The number of halogens is 1. The molecule has 162 valence electrons. The fourth-order valence-electron chi connectivity index (χ4n) is 3.50. The highest BCUT2D eigenvalue weighted by Crippen LogP contribution is 2.16. The molecule has 2 aliphatic rings. The molecule has 0 aliphatic carbocycles. The monoisotopic (exact) mass is 525 g/mol. The lowest BCUT2D eigenvalue weighted by Crippen LogP contribution is -2.55. The summed E-state index contributed by atoms with van der Waals surface area (Å²) in [5, 5.41) is 5.90. The summed E-state index contributed by atoms with van der Waals surface area (Å²) in [7, 11) is 1.68. The van der Waals surface area contributed by atoms with E-state index in [2.05, 4.69) is 21.5 Å². The molecular weight excluding hydrogens is 497 g/mol. The molecule has 0 saturated carbocycles. The Kier molecular flexibility index (Phi) is 9.39. The number of ether oxygens (including phenoxy) is 1. The van der Waals surface area contributed by atoms with Gasteiger partial charge in [0.05, 0.1) is 6.54 Å². The second-order valence-electron chi connectivity index (χ2n) is 6.99. The van der Waals surface area contributed by atoms with E-state index in [0.29, 0.717) is 50.0 Å². The van der Waals surface area contributed by atoms with Gasteiger partial charge >= 0.3 is 0 Å². The van der Waals surface area contributed by atoms with Crippen molar-refractivity contribution in [3.05, 3.63) is 29.8 Å². The maximum atomic E-state index is 12.5. The second-order valence-corrected chi connectivity index (χ2v) is 6.99. The van der Waals surface area contributed by atoms with Gasteiger partial charge in [-0.05, 0) is 31.0 Å². The highest BCUT2D eigenvalue weighted by Gasteiger charge is 2.30. The van der Waals surface area contributed by atoms with Crippen LogP contribution in [0.1, 0.15) is 18.4 Å². The standard InChI is InChI=1S/C21H27N5O3.HI/c1-3-16-6-4-7-17(14-16)24-19(27)15-23-21(22-2)26-11-9-25(10-12-26)20(28)18-8-5-13-29-18;/h1,4,6-7,14,18H,5,8-13,15H2,2H3,(H,22,23)(H,24,27);1H.